The highest BCUT2D eigenvalue weighted by Crippen LogP contribution is 2.30. The van der Waals surface area contributed by atoms with Gasteiger partial charge in [0.25, 0.3) is 15.9 Å². The Kier molecular flexibility index (Phi) is 5.66. The molecule has 0 saturated carbocycles. The lowest BCUT2D eigenvalue weighted by molar-refractivity contribution is -0.137. The van der Waals surface area contributed by atoms with E-state index in [9.17, 15) is 34.8 Å². The molecular formula is C16H14F3NO5S2. The van der Waals surface area contributed by atoms with Crippen LogP contribution in [0.3, 0.4) is 0 Å². The van der Waals surface area contributed by atoms with Crippen LogP contribution in [0, 0.1) is 0 Å². The third-order valence-electron chi connectivity index (χ3n) is 3.32. The van der Waals surface area contributed by atoms with E-state index >= 15 is 0 Å². The molecule has 2 aromatic carbocycles. The van der Waals surface area contributed by atoms with Crippen molar-refractivity contribution in [3.05, 3.63) is 65.2 Å². The maximum Gasteiger partial charge on any atom is 0.416 e. The molecule has 0 aliphatic carbocycles. The highest BCUT2D eigenvalue weighted by atomic mass is 32.2. The number of rotatable bonds is 5. The highest BCUT2D eigenvalue weighted by Gasteiger charge is 2.32. The summed E-state index contributed by atoms with van der Waals surface area (Å²) in [5, 5.41) is 0. The summed E-state index contributed by atoms with van der Waals surface area (Å²) in [6, 6.07) is 8.21. The van der Waals surface area contributed by atoms with Crippen LogP contribution in [0.4, 0.5) is 13.2 Å². The Morgan fingerprint density at radius 3 is 2.22 bits per heavy atom. The minimum atomic E-state index is -4.74. The lowest BCUT2D eigenvalue weighted by Crippen LogP contribution is -2.30. The van der Waals surface area contributed by atoms with Gasteiger partial charge in [-0.15, -0.1) is 0 Å². The van der Waals surface area contributed by atoms with Gasteiger partial charge in [0.05, 0.1) is 16.2 Å². The predicted molar refractivity (Wildman–Crippen MR) is 91.1 cm³/mol. The molecule has 0 fully saturated rings. The lowest BCUT2D eigenvalue weighted by Gasteiger charge is -2.11. The summed E-state index contributed by atoms with van der Waals surface area (Å²) in [6.07, 6.45) is -3.74. The molecular weight excluding hydrogens is 407 g/mol. The first-order valence-corrected chi connectivity index (χ1v) is 10.8. The zero-order chi connectivity index (χ0) is 20.5. The fourth-order valence-corrected chi connectivity index (χ4v) is 3.99. The van der Waals surface area contributed by atoms with Crippen molar-refractivity contribution < 1.29 is 34.8 Å². The van der Waals surface area contributed by atoms with Gasteiger partial charge in [0.2, 0.25) is 0 Å². The minimum absolute atomic E-state index is 0.147. The lowest BCUT2D eigenvalue weighted by atomic mass is 10.1. The monoisotopic (exact) mass is 421 g/mol. The van der Waals surface area contributed by atoms with Crippen molar-refractivity contribution in [2.24, 2.45) is 0 Å². The molecule has 0 aliphatic heterocycles. The van der Waals surface area contributed by atoms with Gasteiger partial charge in [-0.25, -0.2) is 21.6 Å². The maximum atomic E-state index is 12.7. The van der Waals surface area contributed by atoms with E-state index in [4.69, 9.17) is 0 Å². The van der Waals surface area contributed by atoms with Gasteiger partial charge in [-0.05, 0) is 35.9 Å². The Morgan fingerprint density at radius 1 is 1.00 bits per heavy atom. The van der Waals surface area contributed by atoms with E-state index < -0.39 is 42.4 Å². The van der Waals surface area contributed by atoms with Crippen LogP contribution >= 0.6 is 0 Å². The summed E-state index contributed by atoms with van der Waals surface area (Å²) in [5.41, 5.74) is -1.05. The van der Waals surface area contributed by atoms with Crippen molar-refractivity contribution in [2.75, 3.05) is 6.26 Å². The van der Waals surface area contributed by atoms with Crippen LogP contribution in [0.1, 0.15) is 21.5 Å². The predicted octanol–water partition coefficient (Wildman–Crippen LogP) is 2.37. The van der Waals surface area contributed by atoms with Crippen molar-refractivity contribution in [1.29, 1.82) is 0 Å². The number of carbonyl (C=O) groups excluding carboxylic acids is 1. The second-order valence-corrected chi connectivity index (χ2v) is 9.55. The van der Waals surface area contributed by atoms with Crippen LogP contribution in [-0.4, -0.2) is 29.0 Å². The average molecular weight is 421 g/mol. The molecule has 0 saturated heterocycles. The van der Waals surface area contributed by atoms with Crippen molar-refractivity contribution in [3.8, 4) is 0 Å². The molecule has 6 nitrogen and oxygen atoms in total. The molecule has 2 aromatic rings. The quantitative estimate of drug-likeness (QED) is 0.800. The van der Waals surface area contributed by atoms with Gasteiger partial charge < -0.3 is 0 Å². The van der Waals surface area contributed by atoms with Crippen LogP contribution in [0.2, 0.25) is 0 Å². The molecule has 1 amide bonds. The number of benzene rings is 2. The first-order chi connectivity index (χ1) is 12.3. The topological polar surface area (TPSA) is 97.4 Å². The standard InChI is InChI=1S/C16H14F3NO5S2/c1-26(22,23)10-11-4-2-5-12(8-11)15(21)20-27(24,25)14-7-3-6-13(9-14)16(17,18)19/h2-9H,10H2,1H3,(H,20,21). The van der Waals surface area contributed by atoms with Crippen molar-refractivity contribution >= 4 is 25.8 Å². The van der Waals surface area contributed by atoms with Crippen LogP contribution in [0.25, 0.3) is 0 Å². The molecule has 146 valence electrons. The van der Waals surface area contributed by atoms with Gasteiger partial charge in [0, 0.05) is 11.8 Å². The second kappa shape index (κ2) is 7.31. The normalized spacial score (nSPS) is 12.6. The molecule has 0 radical (unpaired) electrons. The minimum Gasteiger partial charge on any atom is -0.268 e. The van der Waals surface area contributed by atoms with E-state index in [1.807, 2.05) is 0 Å². The molecule has 0 aromatic heterocycles. The fraction of sp³-hybridized carbons (Fsp3) is 0.188. The van der Waals surface area contributed by atoms with E-state index in [1.54, 1.807) is 4.72 Å². The SMILES string of the molecule is CS(=O)(=O)Cc1cccc(C(=O)NS(=O)(=O)c2cccc(C(F)(F)F)c2)c1. The number of hydrogen-bond donors (Lipinski definition) is 1. The zero-order valence-electron chi connectivity index (χ0n) is 13.8. The second-order valence-electron chi connectivity index (χ2n) is 5.73. The molecule has 0 aliphatic rings. The molecule has 1 N–H and O–H groups in total. The van der Waals surface area contributed by atoms with E-state index in [0.717, 1.165) is 18.4 Å². The first kappa shape index (κ1) is 20.9. The van der Waals surface area contributed by atoms with Crippen LogP contribution in [-0.2, 0) is 31.8 Å². The summed E-state index contributed by atoms with van der Waals surface area (Å²) >= 11 is 0. The number of alkyl halides is 3. The van der Waals surface area contributed by atoms with Crippen LogP contribution in [0.15, 0.2) is 53.4 Å². The molecule has 0 bridgehead atoms. The number of amides is 1. The van der Waals surface area contributed by atoms with Gasteiger partial charge in [0.1, 0.15) is 0 Å². The summed E-state index contributed by atoms with van der Waals surface area (Å²) in [4.78, 5) is 11.4. The fourth-order valence-electron chi connectivity index (χ4n) is 2.18. The van der Waals surface area contributed by atoms with Gasteiger partial charge in [-0.1, -0.05) is 18.2 Å². The van der Waals surface area contributed by atoms with Crippen LogP contribution < -0.4 is 4.72 Å². The Labute approximate surface area is 154 Å². The van der Waals surface area contributed by atoms with Gasteiger partial charge in [-0.2, -0.15) is 13.2 Å². The summed E-state index contributed by atoms with van der Waals surface area (Å²) < 4.78 is 86.9. The third-order valence-corrected chi connectivity index (χ3v) is 5.50. The number of sulfone groups is 1. The van der Waals surface area contributed by atoms with E-state index in [1.165, 1.54) is 24.3 Å². The summed E-state index contributed by atoms with van der Waals surface area (Å²) in [6.45, 7) is 0. The molecule has 0 atom stereocenters. The Hall–Kier alpha value is -2.40. The molecule has 11 heteroatoms. The molecule has 0 heterocycles. The van der Waals surface area contributed by atoms with Crippen LogP contribution in [0.5, 0.6) is 0 Å². The van der Waals surface area contributed by atoms with Crippen molar-refractivity contribution in [3.63, 3.8) is 0 Å². The Balaban J connectivity index is 2.28. The molecule has 0 spiro atoms. The Morgan fingerprint density at radius 2 is 1.63 bits per heavy atom. The van der Waals surface area contributed by atoms with Crippen molar-refractivity contribution in [2.45, 2.75) is 16.8 Å². The van der Waals surface area contributed by atoms with Gasteiger partial charge >= 0.3 is 6.18 Å². The first-order valence-electron chi connectivity index (χ1n) is 7.29. The Bertz CT molecular complexity index is 1080. The van der Waals surface area contributed by atoms with E-state index in [2.05, 4.69) is 0 Å². The van der Waals surface area contributed by atoms with E-state index in [-0.39, 0.29) is 16.9 Å². The number of halogens is 3. The molecule has 27 heavy (non-hydrogen) atoms. The number of carbonyl (C=O) groups is 1. The van der Waals surface area contributed by atoms with Gasteiger partial charge in [-0.3, -0.25) is 4.79 Å². The van der Waals surface area contributed by atoms with Gasteiger partial charge in [0.15, 0.2) is 9.84 Å². The summed E-state index contributed by atoms with van der Waals surface area (Å²) in [7, 11) is -7.93. The smallest absolute Gasteiger partial charge is 0.268 e. The zero-order valence-corrected chi connectivity index (χ0v) is 15.5. The largest absolute Gasteiger partial charge is 0.416 e. The summed E-state index contributed by atoms with van der Waals surface area (Å²) in [5.74, 6) is -1.45. The number of hydrogen-bond acceptors (Lipinski definition) is 5. The highest BCUT2D eigenvalue weighted by molar-refractivity contribution is 7.90. The van der Waals surface area contributed by atoms with E-state index in [0.29, 0.717) is 12.1 Å². The molecule has 0 unspecified atom stereocenters. The maximum absolute atomic E-state index is 12.7. The average Bonchev–Trinajstić information content (AvgIpc) is 2.52. The molecule has 2 rings (SSSR count). The van der Waals surface area contributed by atoms with Crippen molar-refractivity contribution in [1.82, 2.24) is 4.72 Å². The third kappa shape index (κ3) is 5.79. The number of sulfonamides is 1. The number of nitrogens with one attached hydrogen (secondary N) is 1.